The first kappa shape index (κ1) is 20.5. The minimum absolute atomic E-state index is 0.0566. The number of aryl methyl sites for hydroxylation is 1. The molecule has 1 aliphatic heterocycles. The first-order valence-corrected chi connectivity index (χ1v) is 10.7. The number of hydrogen-bond acceptors (Lipinski definition) is 5. The topological polar surface area (TPSA) is 78.8 Å². The van der Waals surface area contributed by atoms with Gasteiger partial charge in [-0.2, -0.15) is 0 Å². The monoisotopic (exact) mass is 405 g/mol. The van der Waals surface area contributed by atoms with E-state index in [-0.39, 0.29) is 10.8 Å². The Kier molecular flexibility index (Phi) is 6.17. The normalized spacial score (nSPS) is 15.9. The fourth-order valence-electron chi connectivity index (χ4n) is 3.23. The summed E-state index contributed by atoms with van der Waals surface area (Å²) in [6, 6.07) is 6.17. The summed E-state index contributed by atoms with van der Waals surface area (Å²) in [6.07, 6.45) is 3.79. The SMILES string of the molecule is Cc1nccn1CCN1CCN(C(=O)c2ccc(S(=O)(=O)N(C)C)cc2)CC1. The van der Waals surface area contributed by atoms with Crippen LogP contribution in [0.5, 0.6) is 0 Å². The van der Waals surface area contributed by atoms with E-state index in [9.17, 15) is 13.2 Å². The van der Waals surface area contributed by atoms with Crippen LogP contribution in [-0.2, 0) is 16.6 Å². The summed E-state index contributed by atoms with van der Waals surface area (Å²) in [5.41, 5.74) is 0.514. The molecule has 1 saturated heterocycles. The second-order valence-electron chi connectivity index (χ2n) is 7.11. The van der Waals surface area contributed by atoms with Crippen LogP contribution in [0.1, 0.15) is 16.2 Å². The molecule has 8 nitrogen and oxygen atoms in total. The summed E-state index contributed by atoms with van der Waals surface area (Å²) < 4.78 is 27.6. The number of aromatic nitrogens is 2. The number of hydrogen-bond donors (Lipinski definition) is 0. The van der Waals surface area contributed by atoms with Crippen molar-refractivity contribution in [2.24, 2.45) is 0 Å². The third kappa shape index (κ3) is 4.43. The molecular formula is C19H27N5O3S. The molecule has 1 fully saturated rings. The molecule has 1 amide bonds. The molecule has 1 aromatic heterocycles. The van der Waals surface area contributed by atoms with Gasteiger partial charge in [0.05, 0.1) is 4.90 Å². The van der Waals surface area contributed by atoms with Crippen molar-refractivity contribution in [1.29, 1.82) is 0 Å². The highest BCUT2D eigenvalue weighted by atomic mass is 32.2. The van der Waals surface area contributed by atoms with Crippen LogP contribution < -0.4 is 0 Å². The third-order valence-corrected chi connectivity index (χ3v) is 6.95. The Morgan fingerprint density at radius 1 is 1.07 bits per heavy atom. The van der Waals surface area contributed by atoms with Gasteiger partial charge in [0.1, 0.15) is 5.82 Å². The number of rotatable bonds is 6. The van der Waals surface area contributed by atoms with Crippen molar-refractivity contribution in [1.82, 2.24) is 23.7 Å². The summed E-state index contributed by atoms with van der Waals surface area (Å²) in [6.45, 7) is 6.79. The number of carbonyl (C=O) groups excluding carboxylic acids is 1. The molecule has 2 heterocycles. The highest BCUT2D eigenvalue weighted by Crippen LogP contribution is 2.16. The van der Waals surface area contributed by atoms with Gasteiger partial charge >= 0.3 is 0 Å². The van der Waals surface area contributed by atoms with Gasteiger partial charge in [0.25, 0.3) is 5.91 Å². The second kappa shape index (κ2) is 8.42. The molecule has 1 aromatic carbocycles. The maximum atomic E-state index is 12.7. The minimum Gasteiger partial charge on any atom is -0.336 e. The zero-order valence-electron chi connectivity index (χ0n) is 16.6. The van der Waals surface area contributed by atoms with Gasteiger partial charge in [-0.25, -0.2) is 17.7 Å². The standard InChI is InChI=1S/C19H27N5O3S/c1-16-20-8-9-23(16)13-10-22-11-14-24(15-12-22)19(25)17-4-6-18(7-5-17)28(26,27)21(2)3/h4-9H,10-15H2,1-3H3. The van der Waals surface area contributed by atoms with Gasteiger partial charge in [0.2, 0.25) is 10.0 Å². The van der Waals surface area contributed by atoms with Crippen molar-refractivity contribution >= 4 is 15.9 Å². The lowest BCUT2D eigenvalue weighted by atomic mass is 10.2. The van der Waals surface area contributed by atoms with Crippen LogP contribution in [0.25, 0.3) is 0 Å². The number of sulfonamides is 1. The number of amides is 1. The zero-order valence-corrected chi connectivity index (χ0v) is 17.4. The van der Waals surface area contributed by atoms with Gasteiger partial charge in [0, 0.05) is 71.3 Å². The van der Waals surface area contributed by atoms with E-state index in [0.717, 1.165) is 36.3 Å². The first-order valence-electron chi connectivity index (χ1n) is 9.31. The number of piperazine rings is 1. The van der Waals surface area contributed by atoms with Crippen LogP contribution >= 0.6 is 0 Å². The van der Waals surface area contributed by atoms with Gasteiger partial charge < -0.3 is 9.47 Å². The molecule has 0 spiro atoms. The van der Waals surface area contributed by atoms with Crippen LogP contribution in [0.4, 0.5) is 0 Å². The Balaban J connectivity index is 1.54. The largest absolute Gasteiger partial charge is 0.336 e. The highest BCUT2D eigenvalue weighted by molar-refractivity contribution is 7.89. The van der Waals surface area contributed by atoms with Crippen molar-refractivity contribution in [2.75, 3.05) is 46.8 Å². The maximum Gasteiger partial charge on any atom is 0.253 e. The van der Waals surface area contributed by atoms with E-state index in [0.29, 0.717) is 18.7 Å². The maximum absolute atomic E-state index is 12.7. The quantitative estimate of drug-likeness (QED) is 0.714. The van der Waals surface area contributed by atoms with Crippen molar-refractivity contribution in [2.45, 2.75) is 18.4 Å². The lowest BCUT2D eigenvalue weighted by Gasteiger charge is -2.34. The van der Waals surface area contributed by atoms with E-state index < -0.39 is 10.0 Å². The van der Waals surface area contributed by atoms with Crippen LogP contribution in [0.3, 0.4) is 0 Å². The van der Waals surface area contributed by atoms with Crippen molar-refractivity contribution in [3.8, 4) is 0 Å². The molecule has 2 aromatic rings. The van der Waals surface area contributed by atoms with E-state index >= 15 is 0 Å². The van der Waals surface area contributed by atoms with Crippen LogP contribution in [0.2, 0.25) is 0 Å². The van der Waals surface area contributed by atoms with Gasteiger partial charge in [-0.15, -0.1) is 0 Å². The van der Waals surface area contributed by atoms with Gasteiger partial charge in [0.15, 0.2) is 0 Å². The summed E-state index contributed by atoms with van der Waals surface area (Å²) >= 11 is 0. The predicted molar refractivity (Wildman–Crippen MR) is 107 cm³/mol. The van der Waals surface area contributed by atoms with Crippen molar-refractivity contribution < 1.29 is 13.2 Å². The van der Waals surface area contributed by atoms with Crippen LogP contribution in [0.15, 0.2) is 41.6 Å². The van der Waals surface area contributed by atoms with Gasteiger partial charge in [-0.3, -0.25) is 9.69 Å². The Labute approximate surface area is 166 Å². The summed E-state index contributed by atoms with van der Waals surface area (Å²) in [4.78, 5) is 21.3. The predicted octanol–water partition coefficient (Wildman–Crippen LogP) is 0.900. The summed E-state index contributed by atoms with van der Waals surface area (Å²) in [7, 11) is -0.508. The van der Waals surface area contributed by atoms with Crippen molar-refractivity contribution in [3.63, 3.8) is 0 Å². The minimum atomic E-state index is -3.48. The lowest BCUT2D eigenvalue weighted by molar-refractivity contribution is 0.0633. The highest BCUT2D eigenvalue weighted by Gasteiger charge is 2.23. The first-order chi connectivity index (χ1) is 13.3. The molecule has 0 atom stereocenters. The Morgan fingerprint density at radius 2 is 1.71 bits per heavy atom. The summed E-state index contributed by atoms with van der Waals surface area (Å²) in [5, 5.41) is 0. The Morgan fingerprint density at radius 3 is 2.25 bits per heavy atom. The number of benzene rings is 1. The average molecular weight is 406 g/mol. The molecule has 0 bridgehead atoms. The smallest absolute Gasteiger partial charge is 0.253 e. The fraction of sp³-hybridized carbons (Fsp3) is 0.474. The molecule has 1 aliphatic rings. The van der Waals surface area contributed by atoms with E-state index in [2.05, 4.69) is 14.5 Å². The Hall–Kier alpha value is -2.23. The summed E-state index contributed by atoms with van der Waals surface area (Å²) in [5.74, 6) is 0.951. The zero-order chi connectivity index (χ0) is 20.3. The molecular weight excluding hydrogens is 378 g/mol. The molecule has 3 rings (SSSR count). The van der Waals surface area contributed by atoms with Crippen molar-refractivity contribution in [3.05, 3.63) is 48.0 Å². The van der Waals surface area contributed by atoms with Gasteiger partial charge in [-0.05, 0) is 31.2 Å². The molecule has 152 valence electrons. The average Bonchev–Trinajstić information content (AvgIpc) is 3.11. The van der Waals surface area contributed by atoms with E-state index in [4.69, 9.17) is 0 Å². The van der Waals surface area contributed by atoms with E-state index in [1.54, 1.807) is 18.3 Å². The van der Waals surface area contributed by atoms with E-state index in [1.165, 1.54) is 26.2 Å². The van der Waals surface area contributed by atoms with E-state index in [1.807, 2.05) is 18.0 Å². The van der Waals surface area contributed by atoms with Crippen LogP contribution in [-0.4, -0.2) is 84.8 Å². The second-order valence-corrected chi connectivity index (χ2v) is 9.27. The number of imidazole rings is 1. The van der Waals surface area contributed by atoms with Gasteiger partial charge in [-0.1, -0.05) is 0 Å². The molecule has 9 heteroatoms. The molecule has 0 saturated carbocycles. The molecule has 0 unspecified atom stereocenters. The molecule has 28 heavy (non-hydrogen) atoms. The third-order valence-electron chi connectivity index (χ3n) is 5.12. The molecule has 0 radical (unpaired) electrons. The molecule has 0 N–H and O–H groups in total. The lowest BCUT2D eigenvalue weighted by Crippen LogP contribution is -2.49. The number of carbonyl (C=O) groups is 1. The fourth-order valence-corrected chi connectivity index (χ4v) is 4.13. The number of nitrogens with zero attached hydrogens (tertiary/aromatic N) is 5. The van der Waals surface area contributed by atoms with Crippen LogP contribution in [0, 0.1) is 6.92 Å². The molecule has 0 aliphatic carbocycles. The Bertz CT molecular complexity index is 913.